The minimum atomic E-state index is -0.596. The first kappa shape index (κ1) is 26.6. The van der Waals surface area contributed by atoms with Gasteiger partial charge in [-0.1, -0.05) is 29.0 Å². The van der Waals surface area contributed by atoms with Gasteiger partial charge in [0.15, 0.2) is 17.3 Å². The lowest BCUT2D eigenvalue weighted by molar-refractivity contribution is -0.114. The lowest BCUT2D eigenvalue weighted by Crippen LogP contribution is -2.32. The predicted molar refractivity (Wildman–Crippen MR) is 147 cm³/mol. The van der Waals surface area contributed by atoms with Gasteiger partial charge in [-0.05, 0) is 66.3 Å². The van der Waals surface area contributed by atoms with Crippen molar-refractivity contribution in [2.45, 2.75) is 13.2 Å². The van der Waals surface area contributed by atoms with Gasteiger partial charge in [-0.2, -0.15) is 0 Å². The van der Waals surface area contributed by atoms with E-state index in [4.69, 9.17) is 25.5 Å². The van der Waals surface area contributed by atoms with E-state index in [0.29, 0.717) is 45.8 Å². The van der Waals surface area contributed by atoms with Gasteiger partial charge in [-0.15, -0.1) is 5.10 Å². The van der Waals surface area contributed by atoms with E-state index in [-0.39, 0.29) is 18.9 Å². The molecule has 0 N–H and O–H groups in total. The average Bonchev–Trinajstić information content (AvgIpc) is 3.70. The van der Waals surface area contributed by atoms with E-state index >= 15 is 0 Å². The maximum absolute atomic E-state index is 12.4. The summed E-state index contributed by atoms with van der Waals surface area (Å²) in [6, 6.07) is 13.6. The highest BCUT2D eigenvalue weighted by atomic mass is 35.5. The van der Waals surface area contributed by atoms with Crippen molar-refractivity contribution in [3.05, 3.63) is 101 Å². The van der Waals surface area contributed by atoms with Crippen LogP contribution in [0.4, 0.5) is 5.69 Å². The lowest BCUT2D eigenvalue weighted by atomic mass is 10.1. The van der Waals surface area contributed by atoms with Crippen molar-refractivity contribution in [1.82, 2.24) is 15.0 Å². The third-order valence-electron chi connectivity index (χ3n) is 6.03. The van der Waals surface area contributed by atoms with Crippen LogP contribution in [0.2, 0.25) is 5.02 Å². The molecule has 11 heteroatoms. The van der Waals surface area contributed by atoms with Crippen molar-refractivity contribution < 1.29 is 28.3 Å². The van der Waals surface area contributed by atoms with Crippen molar-refractivity contribution in [3.63, 3.8) is 0 Å². The summed E-state index contributed by atoms with van der Waals surface area (Å²) < 4.78 is 18.1. The number of ketones is 2. The van der Waals surface area contributed by atoms with Gasteiger partial charge in [0, 0.05) is 11.6 Å². The molecule has 0 radical (unpaired) electrons. The van der Waals surface area contributed by atoms with Crippen molar-refractivity contribution in [2.24, 2.45) is 0 Å². The second kappa shape index (κ2) is 11.8. The first-order valence-corrected chi connectivity index (χ1v) is 12.6. The predicted octanol–water partition coefficient (Wildman–Crippen LogP) is 4.64. The quantitative estimate of drug-likeness (QED) is 0.193. The van der Waals surface area contributed by atoms with E-state index in [1.807, 2.05) is 0 Å². The molecule has 0 aliphatic carbocycles. The largest absolute Gasteiger partial charge is 0.493 e. The summed E-state index contributed by atoms with van der Waals surface area (Å²) in [5.74, 6) is 0.224. The van der Waals surface area contributed by atoms with E-state index in [0.717, 1.165) is 5.56 Å². The van der Waals surface area contributed by atoms with Gasteiger partial charge >= 0.3 is 0 Å². The molecule has 3 heterocycles. The molecule has 1 aliphatic heterocycles. The average molecular weight is 559 g/mol. The number of rotatable bonds is 11. The molecule has 0 saturated heterocycles. The molecule has 5 rings (SSSR count). The number of methoxy groups -OCH3 is 1. The molecular weight excluding hydrogens is 536 g/mol. The number of anilines is 1. The fourth-order valence-corrected chi connectivity index (χ4v) is 4.23. The molecule has 1 amide bonds. The number of hydrogen-bond donors (Lipinski definition) is 0. The number of ether oxygens (including phenoxy) is 2. The number of nitrogens with zero attached hydrogens (tertiary/aromatic N) is 4. The van der Waals surface area contributed by atoms with Gasteiger partial charge in [-0.25, -0.2) is 0 Å². The Morgan fingerprint density at radius 3 is 2.70 bits per heavy atom. The van der Waals surface area contributed by atoms with E-state index in [1.165, 1.54) is 36.5 Å². The Morgan fingerprint density at radius 2 is 1.90 bits per heavy atom. The van der Waals surface area contributed by atoms with Crippen LogP contribution in [-0.4, -0.2) is 46.1 Å². The number of hydrogen-bond acceptors (Lipinski definition) is 8. The zero-order chi connectivity index (χ0) is 28.1. The fourth-order valence-electron chi connectivity index (χ4n) is 4.05. The van der Waals surface area contributed by atoms with E-state index in [1.54, 1.807) is 65.5 Å². The van der Waals surface area contributed by atoms with Crippen LogP contribution in [0.1, 0.15) is 27.4 Å². The first-order chi connectivity index (χ1) is 19.4. The number of benzene rings is 2. The molecule has 0 atom stereocenters. The molecule has 4 aromatic rings. The number of aromatic nitrogens is 3. The molecule has 0 fully saturated rings. The Morgan fingerprint density at radius 1 is 1.05 bits per heavy atom. The molecule has 1 aliphatic rings. The second-order valence-corrected chi connectivity index (χ2v) is 9.14. The smallest absolute Gasteiger partial charge is 0.299 e. The van der Waals surface area contributed by atoms with Crippen LogP contribution in [0.3, 0.4) is 0 Å². The number of furan rings is 1. The van der Waals surface area contributed by atoms with E-state index in [9.17, 15) is 14.4 Å². The second-order valence-electron chi connectivity index (χ2n) is 8.70. The summed E-state index contributed by atoms with van der Waals surface area (Å²) in [7, 11) is 1.53. The molecule has 40 heavy (non-hydrogen) atoms. The van der Waals surface area contributed by atoms with Crippen LogP contribution in [-0.2, 0) is 22.7 Å². The third-order valence-corrected chi connectivity index (χ3v) is 6.27. The van der Waals surface area contributed by atoms with Gasteiger partial charge in [0.25, 0.3) is 11.7 Å². The topological polar surface area (TPSA) is 117 Å². The summed E-state index contributed by atoms with van der Waals surface area (Å²) in [5.41, 5.74) is 2.15. The molecular formula is C29H23ClN4O6. The number of fused-ring (bicyclic) bond motifs is 1. The number of amides is 1. The first-order valence-electron chi connectivity index (χ1n) is 12.2. The Kier molecular flexibility index (Phi) is 7.88. The van der Waals surface area contributed by atoms with E-state index < -0.39 is 11.7 Å². The van der Waals surface area contributed by atoms with E-state index in [2.05, 4.69) is 10.3 Å². The molecule has 0 spiro atoms. The molecule has 2 aromatic carbocycles. The van der Waals surface area contributed by atoms with Crippen LogP contribution >= 0.6 is 11.6 Å². The molecule has 0 bridgehead atoms. The summed E-state index contributed by atoms with van der Waals surface area (Å²) in [4.78, 5) is 38.2. The highest BCUT2D eigenvalue weighted by Crippen LogP contribution is 2.31. The van der Waals surface area contributed by atoms with Gasteiger partial charge in [0.05, 0.1) is 37.4 Å². The lowest BCUT2D eigenvalue weighted by Gasteiger charge is -2.16. The summed E-state index contributed by atoms with van der Waals surface area (Å²) >= 11 is 5.97. The number of Topliss-reactive ketones (excluding diaryl/α,β-unsaturated/α-hetero) is 1. The highest BCUT2D eigenvalue weighted by Gasteiger charge is 2.35. The Balaban J connectivity index is 1.16. The Labute approximate surface area is 234 Å². The van der Waals surface area contributed by atoms with Crippen LogP contribution in [0.25, 0.3) is 12.2 Å². The number of allylic oxidation sites excluding steroid dienone is 2. The normalized spacial score (nSPS) is 13.0. The number of halogens is 1. The van der Waals surface area contributed by atoms with Crippen LogP contribution < -0.4 is 14.4 Å². The minimum absolute atomic E-state index is 0.129. The van der Waals surface area contributed by atoms with Crippen molar-refractivity contribution in [1.29, 1.82) is 0 Å². The van der Waals surface area contributed by atoms with Crippen LogP contribution in [0.15, 0.2) is 77.6 Å². The minimum Gasteiger partial charge on any atom is -0.493 e. The van der Waals surface area contributed by atoms with Crippen molar-refractivity contribution in [3.8, 4) is 11.5 Å². The fraction of sp³-hybridized carbons (Fsp3) is 0.138. The maximum atomic E-state index is 12.4. The number of carbonyl (C=O) groups is 3. The summed E-state index contributed by atoms with van der Waals surface area (Å²) in [5, 5.41) is 8.61. The van der Waals surface area contributed by atoms with Gasteiger partial charge < -0.3 is 18.8 Å². The van der Waals surface area contributed by atoms with Gasteiger partial charge in [-0.3, -0.25) is 19.1 Å². The van der Waals surface area contributed by atoms with Crippen molar-refractivity contribution >= 4 is 46.9 Å². The molecule has 0 unspecified atom stereocenters. The SMILES string of the molecule is COc1cc(/C=C/C(=O)/C=C/c2ccco2)ccc1OCc1cn(CCN2C(=O)C(=O)c3cc(Cl)ccc32)nn1. The van der Waals surface area contributed by atoms with Gasteiger partial charge in [0.2, 0.25) is 0 Å². The highest BCUT2D eigenvalue weighted by molar-refractivity contribution is 6.52. The third kappa shape index (κ3) is 6.02. The zero-order valence-electron chi connectivity index (χ0n) is 21.3. The molecule has 0 saturated carbocycles. The molecule has 2 aromatic heterocycles. The zero-order valence-corrected chi connectivity index (χ0v) is 22.1. The standard InChI is InChI=1S/C29H23ClN4O6/c1-38-27-15-19(4-7-22(35)8-9-23-3-2-14-39-23)5-11-26(27)40-18-21-17-33(32-31-21)12-13-34-25-10-6-20(30)16-24(25)28(36)29(34)37/h2-11,14-17H,12-13,18H2,1H3/b7-4+,9-8+. The van der Waals surface area contributed by atoms with Crippen LogP contribution in [0.5, 0.6) is 11.5 Å². The summed E-state index contributed by atoms with van der Waals surface area (Å²) in [6.07, 6.45) is 9.40. The Bertz CT molecular complexity index is 1620. The number of carbonyl (C=O) groups excluding carboxylic acids is 3. The van der Waals surface area contributed by atoms with Gasteiger partial charge in [0.1, 0.15) is 18.1 Å². The summed E-state index contributed by atoms with van der Waals surface area (Å²) in [6.45, 7) is 0.699. The Hall–Kier alpha value is -4.96. The molecule has 10 nitrogen and oxygen atoms in total. The maximum Gasteiger partial charge on any atom is 0.299 e. The monoisotopic (exact) mass is 558 g/mol. The molecule has 202 valence electrons. The van der Waals surface area contributed by atoms with Crippen LogP contribution in [0, 0.1) is 0 Å². The van der Waals surface area contributed by atoms with Crippen molar-refractivity contribution in [2.75, 3.05) is 18.6 Å².